The van der Waals surface area contributed by atoms with E-state index in [0.29, 0.717) is 6.04 Å². The zero-order valence-electron chi connectivity index (χ0n) is 13.0. The second kappa shape index (κ2) is 6.23. The molecule has 0 fully saturated rings. The Bertz CT molecular complexity index is 597. The number of pyridine rings is 1. The summed E-state index contributed by atoms with van der Waals surface area (Å²) >= 11 is -0.786. The van der Waals surface area contributed by atoms with Crippen LogP contribution in [0.15, 0.2) is 48.8 Å². The van der Waals surface area contributed by atoms with Gasteiger partial charge in [0.1, 0.15) is 0 Å². The fourth-order valence-electron chi connectivity index (χ4n) is 3.49. The first-order valence-electron chi connectivity index (χ1n) is 7.63. The molecule has 0 saturated carbocycles. The van der Waals surface area contributed by atoms with E-state index in [1.165, 1.54) is 17.7 Å². The topological polar surface area (TPSA) is 16.1 Å². The Kier molecular flexibility index (Phi) is 4.35. The Morgan fingerprint density at radius 1 is 1.19 bits per heavy atom. The third-order valence-electron chi connectivity index (χ3n) is 4.49. The van der Waals surface area contributed by atoms with Crippen molar-refractivity contribution in [2.75, 3.05) is 4.90 Å². The molecule has 21 heavy (non-hydrogen) atoms. The maximum atomic E-state index is 4.17. The molecule has 0 aliphatic carbocycles. The average molecular weight is 342 g/mol. The molecule has 3 rings (SSSR count). The van der Waals surface area contributed by atoms with E-state index in [9.17, 15) is 0 Å². The first kappa shape index (κ1) is 14.7. The summed E-state index contributed by atoms with van der Waals surface area (Å²) in [5.41, 5.74) is 9.33. The first-order chi connectivity index (χ1) is 10.2. The minimum absolute atomic E-state index is 0.545. The molecule has 3 heteroatoms. The van der Waals surface area contributed by atoms with Crippen LogP contribution in [0.5, 0.6) is 0 Å². The molecule has 1 aromatic heterocycles. The molecule has 2 atom stereocenters. The van der Waals surface area contributed by atoms with Gasteiger partial charge in [-0.1, -0.05) is 0 Å². The molecular formula is C18H23AsN2. The summed E-state index contributed by atoms with van der Waals surface area (Å²) in [6.45, 7) is 3.38. The van der Waals surface area contributed by atoms with Crippen LogP contribution < -0.4 is 4.90 Å². The van der Waals surface area contributed by atoms with Crippen LogP contribution in [0.25, 0.3) is 0 Å². The van der Waals surface area contributed by atoms with Crippen LogP contribution in [-0.2, 0) is 6.54 Å². The van der Waals surface area contributed by atoms with Crippen molar-refractivity contribution in [3.8, 4) is 0 Å². The Morgan fingerprint density at radius 2 is 1.90 bits per heavy atom. The molecule has 110 valence electrons. The third-order valence-corrected chi connectivity index (χ3v) is 8.63. The van der Waals surface area contributed by atoms with Crippen molar-refractivity contribution in [2.24, 2.45) is 0 Å². The molecule has 1 aromatic carbocycles. The van der Waals surface area contributed by atoms with Gasteiger partial charge in [-0.3, -0.25) is 0 Å². The molecule has 0 bridgehead atoms. The number of hydrogen-bond acceptors (Lipinski definition) is 2. The van der Waals surface area contributed by atoms with Crippen LogP contribution in [0.4, 0.5) is 5.69 Å². The van der Waals surface area contributed by atoms with Gasteiger partial charge in [0.25, 0.3) is 0 Å². The normalized spacial score (nSPS) is 18.9. The van der Waals surface area contributed by atoms with Crippen LogP contribution in [0.1, 0.15) is 30.5 Å². The molecule has 0 amide bonds. The van der Waals surface area contributed by atoms with Gasteiger partial charge in [0.2, 0.25) is 0 Å². The Hall–Kier alpha value is -1.27. The van der Waals surface area contributed by atoms with E-state index in [2.05, 4.69) is 64.6 Å². The first-order valence-corrected chi connectivity index (χ1v) is 12.5. The molecule has 2 heterocycles. The third kappa shape index (κ3) is 2.74. The summed E-state index contributed by atoms with van der Waals surface area (Å²) in [5.74, 6) is 0. The molecule has 2 aromatic rings. The predicted octanol–water partition coefficient (Wildman–Crippen LogP) is 4.68. The van der Waals surface area contributed by atoms with Crippen LogP contribution in [0.2, 0.25) is 16.1 Å². The van der Waals surface area contributed by atoms with Gasteiger partial charge in [0.15, 0.2) is 0 Å². The number of aromatic nitrogens is 1. The van der Waals surface area contributed by atoms with Gasteiger partial charge in [-0.15, -0.1) is 0 Å². The molecule has 2 unspecified atom stereocenters. The van der Waals surface area contributed by atoms with Crippen LogP contribution >= 0.6 is 0 Å². The fraction of sp³-hybridized carbons (Fsp3) is 0.389. The zero-order chi connectivity index (χ0) is 14.8. The number of fused-ring (bicyclic) bond motifs is 1. The van der Waals surface area contributed by atoms with E-state index in [1.807, 2.05) is 12.4 Å². The van der Waals surface area contributed by atoms with Crippen molar-refractivity contribution < 1.29 is 0 Å². The molecule has 0 spiro atoms. The number of anilines is 1. The molecular weight excluding hydrogens is 319 g/mol. The van der Waals surface area contributed by atoms with Gasteiger partial charge in [-0.25, -0.2) is 0 Å². The van der Waals surface area contributed by atoms with E-state index in [0.717, 1.165) is 11.3 Å². The quantitative estimate of drug-likeness (QED) is 0.750. The van der Waals surface area contributed by atoms with E-state index in [1.54, 1.807) is 5.56 Å². The van der Waals surface area contributed by atoms with Gasteiger partial charge < -0.3 is 0 Å². The second-order valence-electron chi connectivity index (χ2n) is 5.92. The van der Waals surface area contributed by atoms with Crippen molar-refractivity contribution in [1.29, 1.82) is 0 Å². The van der Waals surface area contributed by atoms with Crippen LogP contribution in [0.3, 0.4) is 0 Å². The molecule has 0 N–H and O–H groups in total. The van der Waals surface area contributed by atoms with E-state index < -0.39 is 14.7 Å². The summed E-state index contributed by atoms with van der Waals surface area (Å²) in [4.78, 5) is 6.77. The predicted molar refractivity (Wildman–Crippen MR) is 91.1 cm³/mol. The van der Waals surface area contributed by atoms with Crippen molar-refractivity contribution in [1.82, 2.24) is 4.98 Å². The van der Waals surface area contributed by atoms with E-state index >= 15 is 0 Å². The van der Waals surface area contributed by atoms with Crippen LogP contribution in [-0.4, -0.2) is 19.6 Å². The van der Waals surface area contributed by atoms with Gasteiger partial charge in [-0.05, 0) is 0 Å². The van der Waals surface area contributed by atoms with Gasteiger partial charge in [0.05, 0.1) is 0 Å². The van der Waals surface area contributed by atoms with E-state index in [-0.39, 0.29) is 0 Å². The summed E-state index contributed by atoms with van der Waals surface area (Å²) in [6, 6.07) is 13.8. The summed E-state index contributed by atoms with van der Waals surface area (Å²) in [7, 11) is 0. The second-order valence-corrected chi connectivity index (χ2v) is 11.4. The Labute approximate surface area is 132 Å². The molecule has 1 aliphatic heterocycles. The Balaban J connectivity index is 2.05. The fourth-order valence-corrected chi connectivity index (χ4v) is 6.88. The van der Waals surface area contributed by atoms with Crippen LogP contribution in [0, 0.1) is 0 Å². The molecule has 0 radical (unpaired) electrons. The molecule has 2 nitrogen and oxygen atoms in total. The van der Waals surface area contributed by atoms with Crippen molar-refractivity contribution in [3.63, 3.8) is 0 Å². The van der Waals surface area contributed by atoms with Crippen molar-refractivity contribution >= 4 is 20.3 Å². The minimum atomic E-state index is -0.786. The molecule has 1 aliphatic rings. The number of nitrogens with zero attached hydrogens (tertiary/aromatic N) is 2. The van der Waals surface area contributed by atoms with Gasteiger partial charge in [0, 0.05) is 0 Å². The Morgan fingerprint density at radius 3 is 2.57 bits per heavy atom. The number of hydrogen-bond donors (Lipinski definition) is 0. The van der Waals surface area contributed by atoms with E-state index in [4.69, 9.17) is 0 Å². The summed E-state index contributed by atoms with van der Waals surface area (Å²) in [6.07, 6.45) is 5.08. The zero-order valence-corrected chi connectivity index (χ0v) is 14.9. The van der Waals surface area contributed by atoms with Crippen molar-refractivity contribution in [2.45, 2.75) is 42.1 Å². The molecule has 0 saturated heterocycles. The average Bonchev–Trinajstić information content (AvgIpc) is 2.88. The maximum absolute atomic E-state index is 4.17. The van der Waals surface area contributed by atoms with Gasteiger partial charge in [-0.2, -0.15) is 0 Å². The standard InChI is InChI=1S/C18H23AsN2/c1-4-17(19(2)3)18-16-8-6-5-7-14(16)13-21(18)15-9-11-20-12-10-15/h5-12,17-18H,4,13H2,1-3H3. The summed E-state index contributed by atoms with van der Waals surface area (Å²) in [5, 5.41) is 0. The van der Waals surface area contributed by atoms with Crippen molar-refractivity contribution in [3.05, 3.63) is 59.9 Å². The SMILES string of the molecule is CCC(C1c2ccccc2CN1c1ccncc1)[As](C)C. The number of rotatable bonds is 4. The summed E-state index contributed by atoms with van der Waals surface area (Å²) < 4.78 is 0.814. The number of benzene rings is 1. The van der Waals surface area contributed by atoms with Gasteiger partial charge >= 0.3 is 132 Å². The monoisotopic (exact) mass is 342 g/mol.